The number of rotatable bonds is 6. The molecule has 0 spiro atoms. The van der Waals surface area contributed by atoms with Crippen LogP contribution >= 0.6 is 0 Å². The molecular weight excluding hydrogens is 234 g/mol. The Bertz CT molecular complexity index is 432. The van der Waals surface area contributed by atoms with Crippen LogP contribution in [0.5, 0.6) is 0 Å². The largest absolute Gasteiger partial charge is 0.338 e. The quantitative estimate of drug-likeness (QED) is 0.762. The van der Waals surface area contributed by atoms with Gasteiger partial charge in [-0.25, -0.2) is 0 Å². The highest BCUT2D eigenvalue weighted by atomic mass is 16.2. The fraction of sp³-hybridized carbons (Fsp3) is 0.471. The Kier molecular flexibility index (Phi) is 4.78. The van der Waals surface area contributed by atoms with E-state index in [1.54, 1.807) is 0 Å². The maximum atomic E-state index is 12.2. The third kappa shape index (κ3) is 4.55. The Balaban J connectivity index is 1.92. The zero-order chi connectivity index (χ0) is 13.7. The Labute approximate surface area is 116 Å². The lowest BCUT2D eigenvalue weighted by Crippen LogP contribution is -2.35. The number of hydrogen-bond acceptors (Lipinski definition) is 1. The lowest BCUT2D eigenvalue weighted by molar-refractivity contribution is -0.132. The molecule has 2 rings (SSSR count). The molecule has 0 atom stereocenters. The summed E-state index contributed by atoms with van der Waals surface area (Å²) in [6.45, 7) is 5.90. The third-order valence-corrected chi connectivity index (χ3v) is 3.26. The standard InChI is InChI=1S/C17H23NO/c1-14(2)13-18(17(19)16-10-11-16)12-6-9-15-7-4-3-5-8-15/h3-9,14,16H,10-13H2,1-2H3/b9-6+. The predicted molar refractivity (Wildman–Crippen MR) is 79.6 cm³/mol. The summed E-state index contributed by atoms with van der Waals surface area (Å²) in [4.78, 5) is 14.2. The molecule has 1 fully saturated rings. The number of carbonyl (C=O) groups is 1. The van der Waals surface area contributed by atoms with Gasteiger partial charge in [0.25, 0.3) is 0 Å². The Morgan fingerprint density at radius 2 is 2.00 bits per heavy atom. The van der Waals surface area contributed by atoms with Crippen molar-refractivity contribution < 1.29 is 4.79 Å². The van der Waals surface area contributed by atoms with Crippen LogP contribution in [0.4, 0.5) is 0 Å². The van der Waals surface area contributed by atoms with E-state index < -0.39 is 0 Å². The van der Waals surface area contributed by atoms with Crippen molar-refractivity contribution >= 4 is 12.0 Å². The first-order valence-corrected chi connectivity index (χ1v) is 7.17. The zero-order valence-corrected chi connectivity index (χ0v) is 11.9. The lowest BCUT2D eigenvalue weighted by atomic mass is 10.2. The summed E-state index contributed by atoms with van der Waals surface area (Å²) in [7, 11) is 0. The lowest BCUT2D eigenvalue weighted by Gasteiger charge is -2.23. The number of carbonyl (C=O) groups excluding carboxylic acids is 1. The second-order valence-electron chi connectivity index (χ2n) is 5.72. The summed E-state index contributed by atoms with van der Waals surface area (Å²) in [5.74, 6) is 1.17. The molecule has 1 aromatic carbocycles. The van der Waals surface area contributed by atoms with Crippen LogP contribution in [0.25, 0.3) is 6.08 Å². The highest BCUT2D eigenvalue weighted by molar-refractivity contribution is 5.81. The zero-order valence-electron chi connectivity index (χ0n) is 11.9. The van der Waals surface area contributed by atoms with Gasteiger partial charge in [0.15, 0.2) is 0 Å². The van der Waals surface area contributed by atoms with Crippen LogP contribution in [0.3, 0.4) is 0 Å². The SMILES string of the molecule is CC(C)CN(C/C=C/c1ccccc1)C(=O)C1CC1. The van der Waals surface area contributed by atoms with Gasteiger partial charge in [-0.2, -0.15) is 0 Å². The van der Waals surface area contributed by atoms with Gasteiger partial charge in [-0.15, -0.1) is 0 Å². The van der Waals surface area contributed by atoms with Crippen molar-refractivity contribution in [3.05, 3.63) is 42.0 Å². The highest BCUT2D eigenvalue weighted by Crippen LogP contribution is 2.31. The van der Waals surface area contributed by atoms with Gasteiger partial charge in [-0.05, 0) is 24.3 Å². The summed E-state index contributed by atoms with van der Waals surface area (Å²) in [5.41, 5.74) is 1.19. The van der Waals surface area contributed by atoms with E-state index in [9.17, 15) is 4.79 Å². The monoisotopic (exact) mass is 257 g/mol. The molecule has 1 amide bonds. The molecule has 2 heteroatoms. The highest BCUT2D eigenvalue weighted by Gasteiger charge is 2.33. The molecule has 1 aliphatic carbocycles. The maximum Gasteiger partial charge on any atom is 0.225 e. The summed E-state index contributed by atoms with van der Waals surface area (Å²) in [6.07, 6.45) is 6.34. The van der Waals surface area contributed by atoms with Gasteiger partial charge >= 0.3 is 0 Å². The minimum absolute atomic E-state index is 0.309. The minimum atomic E-state index is 0.309. The molecule has 0 unspecified atom stereocenters. The molecule has 0 radical (unpaired) electrons. The number of benzene rings is 1. The van der Waals surface area contributed by atoms with Gasteiger partial charge in [0.1, 0.15) is 0 Å². The number of hydrogen-bond donors (Lipinski definition) is 0. The van der Waals surface area contributed by atoms with Crippen molar-refractivity contribution in [3.63, 3.8) is 0 Å². The average Bonchev–Trinajstić information content (AvgIpc) is 3.22. The third-order valence-electron chi connectivity index (χ3n) is 3.26. The van der Waals surface area contributed by atoms with Crippen molar-refractivity contribution in [2.45, 2.75) is 26.7 Å². The van der Waals surface area contributed by atoms with E-state index in [2.05, 4.69) is 38.1 Å². The van der Waals surface area contributed by atoms with Crippen molar-refractivity contribution in [1.29, 1.82) is 0 Å². The molecular formula is C17H23NO. The second kappa shape index (κ2) is 6.55. The molecule has 1 saturated carbocycles. The predicted octanol–water partition coefficient (Wildman–Crippen LogP) is 3.59. The molecule has 0 saturated heterocycles. The van der Waals surface area contributed by atoms with Gasteiger partial charge < -0.3 is 4.90 Å². The van der Waals surface area contributed by atoms with Crippen molar-refractivity contribution in [2.24, 2.45) is 11.8 Å². The Morgan fingerprint density at radius 1 is 1.32 bits per heavy atom. The van der Waals surface area contributed by atoms with E-state index in [-0.39, 0.29) is 0 Å². The summed E-state index contributed by atoms with van der Waals surface area (Å²) < 4.78 is 0. The first kappa shape index (κ1) is 13.9. The van der Waals surface area contributed by atoms with Crippen LogP contribution in [0, 0.1) is 11.8 Å². The first-order valence-electron chi connectivity index (χ1n) is 7.17. The topological polar surface area (TPSA) is 20.3 Å². The smallest absolute Gasteiger partial charge is 0.225 e. The summed E-state index contributed by atoms with van der Waals surface area (Å²) in [6, 6.07) is 10.2. The van der Waals surface area contributed by atoms with Gasteiger partial charge in [-0.1, -0.05) is 56.3 Å². The van der Waals surface area contributed by atoms with Crippen LogP contribution in [-0.2, 0) is 4.79 Å². The van der Waals surface area contributed by atoms with Crippen molar-refractivity contribution in [3.8, 4) is 0 Å². The minimum Gasteiger partial charge on any atom is -0.338 e. The van der Waals surface area contributed by atoms with Gasteiger partial charge in [0.2, 0.25) is 5.91 Å². The van der Waals surface area contributed by atoms with E-state index in [4.69, 9.17) is 0 Å². The summed E-state index contributed by atoms with van der Waals surface area (Å²) in [5, 5.41) is 0. The van der Waals surface area contributed by atoms with Gasteiger partial charge in [0.05, 0.1) is 0 Å². The van der Waals surface area contributed by atoms with Crippen LogP contribution in [0.15, 0.2) is 36.4 Å². The maximum absolute atomic E-state index is 12.2. The molecule has 0 bridgehead atoms. The van der Waals surface area contributed by atoms with Crippen molar-refractivity contribution in [1.82, 2.24) is 4.90 Å². The molecule has 0 aliphatic heterocycles. The van der Waals surface area contributed by atoms with Gasteiger partial charge in [0, 0.05) is 19.0 Å². The first-order chi connectivity index (χ1) is 9.16. The molecule has 0 aromatic heterocycles. The van der Waals surface area contributed by atoms with Crippen molar-refractivity contribution in [2.75, 3.05) is 13.1 Å². The second-order valence-corrected chi connectivity index (χ2v) is 5.72. The van der Waals surface area contributed by atoms with Crippen LogP contribution in [-0.4, -0.2) is 23.9 Å². The van der Waals surface area contributed by atoms with E-state index >= 15 is 0 Å². The molecule has 19 heavy (non-hydrogen) atoms. The Hall–Kier alpha value is -1.57. The number of nitrogens with zero attached hydrogens (tertiary/aromatic N) is 1. The average molecular weight is 257 g/mol. The molecule has 1 aromatic rings. The molecule has 0 N–H and O–H groups in total. The Morgan fingerprint density at radius 3 is 2.58 bits per heavy atom. The fourth-order valence-corrected chi connectivity index (χ4v) is 2.16. The normalized spacial score (nSPS) is 15.1. The van der Waals surface area contributed by atoms with Crippen LogP contribution in [0.2, 0.25) is 0 Å². The van der Waals surface area contributed by atoms with E-state index in [1.807, 2.05) is 23.1 Å². The van der Waals surface area contributed by atoms with Crippen LogP contribution < -0.4 is 0 Å². The van der Waals surface area contributed by atoms with E-state index in [0.29, 0.717) is 17.7 Å². The molecule has 102 valence electrons. The molecule has 2 nitrogen and oxygen atoms in total. The molecule has 0 heterocycles. The summed E-state index contributed by atoms with van der Waals surface area (Å²) >= 11 is 0. The van der Waals surface area contributed by atoms with E-state index in [1.165, 1.54) is 5.56 Å². The van der Waals surface area contributed by atoms with Crippen LogP contribution in [0.1, 0.15) is 32.3 Å². The number of amides is 1. The van der Waals surface area contributed by atoms with Gasteiger partial charge in [-0.3, -0.25) is 4.79 Å². The fourth-order valence-electron chi connectivity index (χ4n) is 2.16. The molecule has 1 aliphatic rings. The van der Waals surface area contributed by atoms with E-state index in [0.717, 1.165) is 25.9 Å².